The van der Waals surface area contributed by atoms with Crippen molar-refractivity contribution < 1.29 is 18.8 Å². The molecule has 9 heteroatoms. The van der Waals surface area contributed by atoms with Gasteiger partial charge in [-0.3, -0.25) is 9.59 Å². The summed E-state index contributed by atoms with van der Waals surface area (Å²) in [7, 11) is 0. The molecule has 8 nitrogen and oxygen atoms in total. The van der Waals surface area contributed by atoms with Gasteiger partial charge in [-0.25, -0.2) is 0 Å². The third-order valence-corrected chi connectivity index (χ3v) is 4.35. The zero-order valence-electron chi connectivity index (χ0n) is 16.6. The molecule has 0 fully saturated rings. The second kappa shape index (κ2) is 9.89. The maximum Gasteiger partial charge on any atom is 0.227 e. The van der Waals surface area contributed by atoms with Gasteiger partial charge in [0.2, 0.25) is 23.5 Å². The first-order valence-corrected chi connectivity index (χ1v) is 9.75. The average Bonchev–Trinajstić information content (AvgIpc) is 3.18. The number of rotatable bonds is 8. The van der Waals surface area contributed by atoms with Crippen LogP contribution in [-0.2, 0) is 16.0 Å². The van der Waals surface area contributed by atoms with Crippen LogP contribution in [0, 0.1) is 0 Å². The third kappa shape index (κ3) is 5.81. The molecule has 0 saturated heterocycles. The van der Waals surface area contributed by atoms with Gasteiger partial charge < -0.3 is 19.9 Å². The van der Waals surface area contributed by atoms with Crippen LogP contribution in [0.5, 0.6) is 5.75 Å². The first-order valence-electron chi connectivity index (χ1n) is 9.37. The number of hydrogen-bond donors (Lipinski definition) is 2. The number of nitrogens with zero attached hydrogens (tertiary/aromatic N) is 2. The SMILES string of the molecule is CCOc1ccc(-c2noc(CCC(=O)Nc3cc(NC(C)=O)ccc3Cl)n2)cc1. The van der Waals surface area contributed by atoms with Gasteiger partial charge in [0.25, 0.3) is 0 Å². The van der Waals surface area contributed by atoms with Crippen LogP contribution in [-0.4, -0.2) is 28.6 Å². The summed E-state index contributed by atoms with van der Waals surface area (Å²) in [5, 5.41) is 9.69. The molecule has 0 unspecified atom stereocenters. The highest BCUT2D eigenvalue weighted by atomic mass is 35.5. The molecule has 1 aromatic heterocycles. The minimum atomic E-state index is -0.266. The van der Waals surface area contributed by atoms with Gasteiger partial charge >= 0.3 is 0 Å². The second-order valence-corrected chi connectivity index (χ2v) is 6.80. The molecule has 0 radical (unpaired) electrons. The minimum absolute atomic E-state index is 0.131. The lowest BCUT2D eigenvalue weighted by Crippen LogP contribution is -2.13. The second-order valence-electron chi connectivity index (χ2n) is 6.39. The lowest BCUT2D eigenvalue weighted by Gasteiger charge is -2.09. The summed E-state index contributed by atoms with van der Waals surface area (Å²) in [5.41, 5.74) is 1.74. The summed E-state index contributed by atoms with van der Waals surface area (Å²) in [4.78, 5) is 27.8. The van der Waals surface area contributed by atoms with Crippen LogP contribution in [0.25, 0.3) is 11.4 Å². The Morgan fingerprint density at radius 1 is 1.13 bits per heavy atom. The molecule has 3 rings (SSSR count). The largest absolute Gasteiger partial charge is 0.494 e. The van der Waals surface area contributed by atoms with Crippen molar-refractivity contribution in [2.75, 3.05) is 17.2 Å². The van der Waals surface area contributed by atoms with E-state index in [1.807, 2.05) is 31.2 Å². The van der Waals surface area contributed by atoms with E-state index < -0.39 is 0 Å². The maximum atomic E-state index is 12.3. The zero-order valence-corrected chi connectivity index (χ0v) is 17.3. The van der Waals surface area contributed by atoms with E-state index in [-0.39, 0.29) is 24.7 Å². The van der Waals surface area contributed by atoms with Gasteiger partial charge in [-0.15, -0.1) is 0 Å². The van der Waals surface area contributed by atoms with Crippen molar-refractivity contribution in [3.8, 4) is 17.1 Å². The summed E-state index contributed by atoms with van der Waals surface area (Å²) in [6, 6.07) is 12.2. The standard InChI is InChI=1S/C21H21ClN4O4/c1-3-29-16-7-4-14(5-8-16)21-25-20(30-26-21)11-10-19(28)24-18-12-15(23-13(2)27)6-9-17(18)22/h4-9,12H,3,10-11H2,1-2H3,(H,23,27)(H,24,28). The fraction of sp³-hybridized carbons (Fsp3) is 0.238. The van der Waals surface area contributed by atoms with Crippen LogP contribution < -0.4 is 15.4 Å². The summed E-state index contributed by atoms with van der Waals surface area (Å²) in [6.45, 7) is 3.92. The summed E-state index contributed by atoms with van der Waals surface area (Å²) < 4.78 is 10.6. The molecule has 2 amide bonds. The highest BCUT2D eigenvalue weighted by Crippen LogP contribution is 2.26. The van der Waals surface area contributed by atoms with Gasteiger partial charge in [0.15, 0.2) is 0 Å². The number of hydrogen-bond acceptors (Lipinski definition) is 6. The third-order valence-electron chi connectivity index (χ3n) is 4.02. The van der Waals surface area contributed by atoms with Crippen LogP contribution in [0.1, 0.15) is 26.2 Å². The molecule has 30 heavy (non-hydrogen) atoms. The molecular weight excluding hydrogens is 408 g/mol. The normalized spacial score (nSPS) is 10.5. The Morgan fingerprint density at radius 2 is 1.90 bits per heavy atom. The Bertz CT molecular complexity index is 1030. The molecule has 2 N–H and O–H groups in total. The predicted octanol–water partition coefficient (Wildman–Crippen LogP) is 4.32. The Labute approximate surface area is 178 Å². The van der Waals surface area contributed by atoms with Crippen LogP contribution in [0.2, 0.25) is 5.02 Å². The molecule has 0 spiro atoms. The fourth-order valence-corrected chi connectivity index (χ4v) is 2.84. The Kier molecular flexibility index (Phi) is 7.03. The van der Waals surface area contributed by atoms with Gasteiger partial charge in [-0.1, -0.05) is 16.8 Å². The summed E-state index contributed by atoms with van der Waals surface area (Å²) in [6.07, 6.45) is 0.407. The number of halogens is 1. The van der Waals surface area contributed by atoms with Crippen molar-refractivity contribution in [3.63, 3.8) is 0 Å². The van der Waals surface area contributed by atoms with Gasteiger partial charge in [0.05, 0.1) is 17.3 Å². The lowest BCUT2D eigenvalue weighted by atomic mass is 10.2. The van der Waals surface area contributed by atoms with Crippen LogP contribution in [0.15, 0.2) is 47.0 Å². The van der Waals surface area contributed by atoms with Crippen molar-refractivity contribution in [2.24, 2.45) is 0 Å². The van der Waals surface area contributed by atoms with E-state index in [0.717, 1.165) is 11.3 Å². The van der Waals surface area contributed by atoms with E-state index in [1.54, 1.807) is 18.2 Å². The van der Waals surface area contributed by atoms with E-state index >= 15 is 0 Å². The number of nitrogens with one attached hydrogen (secondary N) is 2. The fourth-order valence-electron chi connectivity index (χ4n) is 2.68. The average molecular weight is 429 g/mol. The predicted molar refractivity (Wildman–Crippen MR) is 114 cm³/mol. The number of ether oxygens (including phenoxy) is 1. The molecule has 0 aliphatic heterocycles. The number of amides is 2. The summed E-state index contributed by atoms with van der Waals surface area (Å²) in [5.74, 6) is 1.08. The Balaban J connectivity index is 1.57. The van der Waals surface area contributed by atoms with E-state index in [9.17, 15) is 9.59 Å². The van der Waals surface area contributed by atoms with E-state index in [4.69, 9.17) is 20.9 Å². The molecule has 1 heterocycles. The Hall–Kier alpha value is -3.39. The van der Waals surface area contributed by atoms with Crippen molar-refractivity contribution in [1.29, 1.82) is 0 Å². The Morgan fingerprint density at radius 3 is 2.60 bits per heavy atom. The van der Waals surface area contributed by atoms with Crippen LogP contribution >= 0.6 is 11.6 Å². The minimum Gasteiger partial charge on any atom is -0.494 e. The monoisotopic (exact) mass is 428 g/mol. The topological polar surface area (TPSA) is 106 Å². The van der Waals surface area contributed by atoms with Crippen molar-refractivity contribution in [1.82, 2.24) is 10.1 Å². The molecule has 156 valence electrons. The number of carbonyl (C=O) groups excluding carboxylic acids is 2. The highest BCUT2D eigenvalue weighted by Gasteiger charge is 2.12. The number of benzene rings is 2. The van der Waals surface area contributed by atoms with Gasteiger partial charge in [-0.05, 0) is 49.4 Å². The molecule has 0 aliphatic rings. The molecule has 3 aromatic rings. The lowest BCUT2D eigenvalue weighted by molar-refractivity contribution is -0.116. The summed E-state index contributed by atoms with van der Waals surface area (Å²) >= 11 is 6.12. The first kappa shape index (κ1) is 21.3. The maximum absolute atomic E-state index is 12.3. The first-order chi connectivity index (χ1) is 14.4. The smallest absolute Gasteiger partial charge is 0.227 e. The molecule has 0 atom stereocenters. The van der Waals surface area contributed by atoms with Crippen molar-refractivity contribution >= 4 is 34.8 Å². The molecule has 0 saturated carbocycles. The zero-order chi connectivity index (χ0) is 21.5. The van der Waals surface area contributed by atoms with Crippen LogP contribution in [0.3, 0.4) is 0 Å². The number of carbonyl (C=O) groups is 2. The van der Waals surface area contributed by atoms with Gasteiger partial charge in [0, 0.05) is 31.0 Å². The van der Waals surface area contributed by atoms with Crippen LogP contribution in [0.4, 0.5) is 11.4 Å². The van der Waals surface area contributed by atoms with E-state index in [2.05, 4.69) is 20.8 Å². The molecule has 0 aliphatic carbocycles. The molecule has 2 aromatic carbocycles. The van der Waals surface area contributed by atoms with Gasteiger partial charge in [0.1, 0.15) is 5.75 Å². The molecular formula is C21H21ClN4O4. The van der Waals surface area contributed by atoms with Gasteiger partial charge in [-0.2, -0.15) is 4.98 Å². The van der Waals surface area contributed by atoms with E-state index in [0.29, 0.717) is 34.7 Å². The van der Waals surface area contributed by atoms with Crippen molar-refractivity contribution in [2.45, 2.75) is 26.7 Å². The van der Waals surface area contributed by atoms with Crippen molar-refractivity contribution in [3.05, 3.63) is 53.4 Å². The molecule has 0 bridgehead atoms. The number of anilines is 2. The highest BCUT2D eigenvalue weighted by molar-refractivity contribution is 6.33. The number of aromatic nitrogens is 2. The van der Waals surface area contributed by atoms with E-state index in [1.165, 1.54) is 6.92 Å². The number of aryl methyl sites for hydroxylation is 1. The quantitative estimate of drug-likeness (QED) is 0.553.